The van der Waals surface area contributed by atoms with E-state index in [2.05, 4.69) is 4.99 Å². The Morgan fingerprint density at radius 2 is 1.57 bits per heavy atom. The van der Waals surface area contributed by atoms with E-state index in [4.69, 9.17) is 21.3 Å². The summed E-state index contributed by atoms with van der Waals surface area (Å²) in [5.74, 6) is -4.44. The molecular weight excluding hydrogens is 558 g/mol. The molecule has 0 radical (unpaired) electrons. The molecule has 0 bridgehead atoms. The van der Waals surface area contributed by atoms with Gasteiger partial charge in [0.15, 0.2) is 23.3 Å². The molecule has 40 heavy (non-hydrogen) atoms. The highest BCUT2D eigenvalue weighted by molar-refractivity contribution is 7.89. The molecule has 2 aromatic rings. The number of halogens is 2. The zero-order valence-corrected chi connectivity index (χ0v) is 22.2. The van der Waals surface area contributed by atoms with E-state index in [9.17, 15) is 42.4 Å². The number of nitrogens with zero attached hydrogens (tertiary/aromatic N) is 2. The Hall–Kier alpha value is -3.51. The van der Waals surface area contributed by atoms with Gasteiger partial charge in [-0.1, -0.05) is 0 Å². The predicted molar refractivity (Wildman–Crippen MR) is 138 cm³/mol. The molecule has 2 rings (SSSR count). The number of aliphatic hydroxyl groups excluding tert-OH is 5. The highest BCUT2D eigenvalue weighted by atomic mass is 32.2. The van der Waals surface area contributed by atoms with Gasteiger partial charge in [-0.2, -0.15) is 9.30 Å². The van der Waals surface area contributed by atoms with Gasteiger partial charge in [0.1, 0.15) is 24.1 Å². The molecule has 16 heteroatoms. The lowest BCUT2D eigenvalue weighted by Gasteiger charge is -2.28. The SMILES string of the molecule is C/C(=C\c1cc(F)c(Oc2ccc(S(=O)(=O)N(C)C[C@H](O)[C@@H](O)[C@H](O)[C@H](O)CO)cc2)c(F)c1)C(=O)N=C(N)N. The molecule has 0 aromatic heterocycles. The first-order valence-corrected chi connectivity index (χ1v) is 12.9. The zero-order chi connectivity index (χ0) is 30.4. The summed E-state index contributed by atoms with van der Waals surface area (Å²) in [7, 11) is -3.17. The number of likely N-dealkylation sites (N-methyl/N-ethyl adjacent to an activating group) is 1. The van der Waals surface area contributed by atoms with Crippen molar-refractivity contribution in [1.82, 2.24) is 4.31 Å². The van der Waals surface area contributed by atoms with E-state index in [1.807, 2.05) is 0 Å². The number of carbonyl (C=O) groups excluding carboxylic acids is 1. The second kappa shape index (κ2) is 13.7. The van der Waals surface area contributed by atoms with Crippen molar-refractivity contribution >= 4 is 28.0 Å². The van der Waals surface area contributed by atoms with Crippen LogP contribution in [0.25, 0.3) is 6.08 Å². The second-order valence-electron chi connectivity index (χ2n) is 8.64. The number of benzene rings is 2. The lowest BCUT2D eigenvalue weighted by Crippen LogP contribution is -2.49. The smallest absolute Gasteiger partial charge is 0.275 e. The normalized spacial score (nSPS) is 15.3. The predicted octanol–water partition coefficient (Wildman–Crippen LogP) is -0.983. The molecular formula is C24H30F2N4O9S. The number of carbonyl (C=O) groups is 1. The summed E-state index contributed by atoms with van der Waals surface area (Å²) >= 11 is 0. The van der Waals surface area contributed by atoms with Gasteiger partial charge in [0.2, 0.25) is 10.0 Å². The van der Waals surface area contributed by atoms with E-state index >= 15 is 0 Å². The van der Waals surface area contributed by atoms with Crippen LogP contribution in [0.15, 0.2) is 51.9 Å². The van der Waals surface area contributed by atoms with Crippen LogP contribution >= 0.6 is 0 Å². The lowest BCUT2D eigenvalue weighted by molar-refractivity contribution is -0.116. The number of rotatable bonds is 12. The highest BCUT2D eigenvalue weighted by Gasteiger charge is 2.33. The van der Waals surface area contributed by atoms with Gasteiger partial charge in [-0.25, -0.2) is 17.2 Å². The number of hydrogen-bond acceptors (Lipinski definition) is 9. The molecule has 0 aliphatic carbocycles. The number of aliphatic hydroxyl groups is 5. The number of aliphatic imine (C=N–C) groups is 1. The third-order valence-electron chi connectivity index (χ3n) is 5.49. The van der Waals surface area contributed by atoms with E-state index in [1.165, 1.54) is 6.92 Å². The molecule has 220 valence electrons. The second-order valence-corrected chi connectivity index (χ2v) is 10.7. The molecule has 9 N–H and O–H groups in total. The van der Waals surface area contributed by atoms with Gasteiger partial charge >= 0.3 is 0 Å². The van der Waals surface area contributed by atoms with Gasteiger partial charge in [0.05, 0.1) is 17.6 Å². The Balaban J connectivity index is 2.17. The minimum absolute atomic E-state index is 0.00333. The van der Waals surface area contributed by atoms with Crippen molar-refractivity contribution in [2.75, 3.05) is 20.2 Å². The van der Waals surface area contributed by atoms with Crippen molar-refractivity contribution in [3.63, 3.8) is 0 Å². The Kier molecular flexibility index (Phi) is 11.2. The quantitative estimate of drug-likeness (QED) is 0.0905. The topological polar surface area (TPSA) is 229 Å². The van der Waals surface area contributed by atoms with Crippen molar-refractivity contribution in [2.24, 2.45) is 16.5 Å². The van der Waals surface area contributed by atoms with E-state index in [-0.39, 0.29) is 21.8 Å². The van der Waals surface area contributed by atoms with Crippen LogP contribution in [0, 0.1) is 11.6 Å². The van der Waals surface area contributed by atoms with Crippen molar-refractivity contribution in [1.29, 1.82) is 0 Å². The molecule has 2 aromatic carbocycles. The van der Waals surface area contributed by atoms with Gasteiger partial charge in [0, 0.05) is 19.2 Å². The first-order valence-electron chi connectivity index (χ1n) is 11.5. The van der Waals surface area contributed by atoms with Crippen molar-refractivity contribution < 1.29 is 52.3 Å². The molecule has 0 unspecified atom stereocenters. The van der Waals surface area contributed by atoms with Crippen molar-refractivity contribution in [2.45, 2.75) is 36.2 Å². The van der Waals surface area contributed by atoms with E-state index in [0.29, 0.717) is 4.31 Å². The fraction of sp³-hybridized carbons (Fsp3) is 0.333. The van der Waals surface area contributed by atoms with Crippen LogP contribution in [0.2, 0.25) is 0 Å². The maximum atomic E-state index is 14.6. The van der Waals surface area contributed by atoms with Gasteiger partial charge in [-0.05, 0) is 55.0 Å². The average molecular weight is 589 g/mol. The Morgan fingerprint density at radius 1 is 1.05 bits per heavy atom. The standard InChI is InChI=1S/C24H30F2N4O9S/c1-12(23(36)29-24(27)28)7-13-8-16(25)22(17(26)9-13)39-14-3-5-15(6-4-14)40(37,38)30(2)10-18(32)20(34)21(35)19(33)11-31/h3-9,18-21,31-35H,10-11H2,1-2H3,(H4,27,28,29,36)/b12-7+/t18-,19+,20+,21+/m0/s1. The molecule has 13 nitrogen and oxygen atoms in total. The molecule has 0 aliphatic rings. The zero-order valence-electron chi connectivity index (χ0n) is 21.3. The van der Waals surface area contributed by atoms with Gasteiger partial charge in [-0.15, -0.1) is 0 Å². The first-order chi connectivity index (χ1) is 18.6. The number of nitrogens with two attached hydrogens (primary N) is 2. The van der Waals surface area contributed by atoms with E-state index in [1.54, 1.807) is 0 Å². The largest absolute Gasteiger partial charge is 0.451 e. The highest BCUT2D eigenvalue weighted by Crippen LogP contribution is 2.30. The summed E-state index contributed by atoms with van der Waals surface area (Å²) in [4.78, 5) is 14.8. The average Bonchev–Trinajstić information content (AvgIpc) is 2.89. The summed E-state index contributed by atoms with van der Waals surface area (Å²) < 4.78 is 60.8. The molecule has 1 amide bonds. The number of guanidine groups is 1. The maximum absolute atomic E-state index is 14.6. The van der Waals surface area contributed by atoms with Gasteiger partial charge in [0.25, 0.3) is 5.91 Å². The van der Waals surface area contributed by atoms with Crippen molar-refractivity contribution in [3.8, 4) is 11.5 Å². The van der Waals surface area contributed by atoms with Crippen LogP contribution < -0.4 is 16.2 Å². The molecule has 0 fully saturated rings. The van der Waals surface area contributed by atoms with Crippen LogP contribution in [-0.4, -0.2) is 94.7 Å². The molecule has 0 spiro atoms. The molecule has 4 atom stereocenters. The Labute approximate surface area is 228 Å². The van der Waals surface area contributed by atoms with E-state index in [0.717, 1.165) is 49.5 Å². The van der Waals surface area contributed by atoms with Gasteiger partial charge < -0.3 is 41.7 Å². The first kappa shape index (κ1) is 32.7. The number of amides is 1. The summed E-state index contributed by atoms with van der Waals surface area (Å²) in [6, 6.07) is 6.18. The monoisotopic (exact) mass is 588 g/mol. The summed E-state index contributed by atoms with van der Waals surface area (Å²) in [6.45, 7) is -0.245. The molecule has 0 heterocycles. The summed E-state index contributed by atoms with van der Waals surface area (Å²) in [5.41, 5.74) is 10.2. The fourth-order valence-electron chi connectivity index (χ4n) is 3.29. The Morgan fingerprint density at radius 3 is 2.08 bits per heavy atom. The van der Waals surface area contributed by atoms with E-state index < -0.39 is 76.8 Å². The van der Waals surface area contributed by atoms with Crippen molar-refractivity contribution in [3.05, 3.63) is 59.2 Å². The van der Waals surface area contributed by atoms with Crippen LogP contribution in [0.5, 0.6) is 11.5 Å². The summed E-state index contributed by atoms with van der Waals surface area (Å²) in [5, 5.41) is 47.9. The third-order valence-corrected chi connectivity index (χ3v) is 7.33. The maximum Gasteiger partial charge on any atom is 0.275 e. The third kappa shape index (κ3) is 8.25. The molecule has 0 saturated carbocycles. The van der Waals surface area contributed by atoms with Crippen LogP contribution in [0.3, 0.4) is 0 Å². The Bertz CT molecular complexity index is 1340. The van der Waals surface area contributed by atoms with Crippen LogP contribution in [0.4, 0.5) is 8.78 Å². The number of ether oxygens (including phenoxy) is 1. The lowest BCUT2D eigenvalue weighted by atomic mass is 10.0. The molecule has 0 aliphatic heterocycles. The molecule has 0 saturated heterocycles. The summed E-state index contributed by atoms with van der Waals surface area (Å²) in [6.07, 6.45) is -6.33. The minimum Gasteiger partial charge on any atom is -0.451 e. The van der Waals surface area contributed by atoms with Crippen LogP contribution in [-0.2, 0) is 14.8 Å². The fourth-order valence-corrected chi connectivity index (χ4v) is 4.48. The number of sulfonamides is 1. The van der Waals surface area contributed by atoms with Crippen LogP contribution in [0.1, 0.15) is 12.5 Å². The number of hydrogen-bond donors (Lipinski definition) is 7. The minimum atomic E-state index is -4.25. The van der Waals surface area contributed by atoms with Gasteiger partial charge in [-0.3, -0.25) is 4.79 Å².